The maximum absolute atomic E-state index is 12.7. The Bertz CT molecular complexity index is 804. The molecule has 1 heterocycles. The average Bonchev–Trinajstić information content (AvgIpc) is 2.61. The molecule has 0 radical (unpaired) electrons. The molecule has 1 aliphatic rings. The molecular formula is C19H20N2O4. The van der Waals surface area contributed by atoms with Gasteiger partial charge in [0, 0.05) is 17.7 Å². The van der Waals surface area contributed by atoms with E-state index in [0.717, 1.165) is 16.8 Å². The zero-order valence-corrected chi connectivity index (χ0v) is 14.2. The van der Waals surface area contributed by atoms with E-state index in [2.05, 4.69) is 15.4 Å². The number of anilines is 1. The van der Waals surface area contributed by atoms with Crippen molar-refractivity contribution in [2.45, 2.75) is 19.4 Å². The molecule has 2 amide bonds. The van der Waals surface area contributed by atoms with Crippen molar-refractivity contribution in [3.63, 3.8) is 0 Å². The molecule has 0 unspecified atom stereocenters. The topological polar surface area (TPSA) is 76.7 Å². The zero-order valence-electron chi connectivity index (χ0n) is 14.2. The fraction of sp³-hybridized carbons (Fsp3) is 0.263. The number of para-hydroxylation sites is 1. The minimum absolute atomic E-state index is 0.247. The number of aryl methyl sites for hydroxylation is 1. The lowest BCUT2D eigenvalue weighted by Crippen LogP contribution is -2.32. The molecule has 3 rings (SSSR count). The number of fused-ring (bicyclic) bond motifs is 1. The molecule has 25 heavy (non-hydrogen) atoms. The average molecular weight is 340 g/mol. The standard InChI is InChI=1S/C19H20N2O4/c1-12-5-3-6-13(11-12)20-18(22)15-8-4-7-14-16(21-19(23)24-2)9-10-25-17(14)15/h3-8,11,16H,9-10H2,1-2H3,(H,20,22)(H,21,23)/t16-/m0/s1. The number of methoxy groups -OCH3 is 1. The summed E-state index contributed by atoms with van der Waals surface area (Å²) in [5.41, 5.74) is 3.00. The lowest BCUT2D eigenvalue weighted by molar-refractivity contribution is 0.102. The van der Waals surface area contributed by atoms with Gasteiger partial charge in [-0.05, 0) is 30.7 Å². The van der Waals surface area contributed by atoms with Crippen molar-refractivity contribution < 1.29 is 19.1 Å². The summed E-state index contributed by atoms with van der Waals surface area (Å²) >= 11 is 0. The number of rotatable bonds is 3. The second-order valence-electron chi connectivity index (χ2n) is 5.87. The molecule has 1 atom stereocenters. The number of amides is 2. The number of hydrogen-bond acceptors (Lipinski definition) is 4. The zero-order chi connectivity index (χ0) is 17.8. The Balaban J connectivity index is 1.86. The summed E-state index contributed by atoms with van der Waals surface area (Å²) in [4.78, 5) is 24.2. The van der Waals surface area contributed by atoms with Crippen molar-refractivity contribution in [1.29, 1.82) is 0 Å². The smallest absolute Gasteiger partial charge is 0.407 e. The fourth-order valence-electron chi connectivity index (χ4n) is 2.88. The molecule has 0 saturated carbocycles. The van der Waals surface area contributed by atoms with Crippen LogP contribution in [0.1, 0.15) is 33.9 Å². The monoisotopic (exact) mass is 340 g/mol. The Morgan fingerprint density at radius 1 is 1.20 bits per heavy atom. The lowest BCUT2D eigenvalue weighted by Gasteiger charge is -2.27. The summed E-state index contributed by atoms with van der Waals surface area (Å²) < 4.78 is 10.4. The van der Waals surface area contributed by atoms with Crippen LogP contribution >= 0.6 is 0 Å². The molecule has 6 heteroatoms. The Morgan fingerprint density at radius 3 is 2.76 bits per heavy atom. The van der Waals surface area contributed by atoms with Crippen LogP contribution in [0.25, 0.3) is 0 Å². The number of alkyl carbamates (subject to hydrolysis) is 1. The van der Waals surface area contributed by atoms with Crippen LogP contribution in [0.3, 0.4) is 0 Å². The SMILES string of the molecule is COC(=O)N[C@H]1CCOc2c(C(=O)Nc3cccc(C)c3)cccc21. The highest BCUT2D eigenvalue weighted by Crippen LogP contribution is 2.35. The first kappa shape index (κ1) is 16.8. The van der Waals surface area contributed by atoms with Gasteiger partial charge in [-0.15, -0.1) is 0 Å². The van der Waals surface area contributed by atoms with Gasteiger partial charge in [-0.25, -0.2) is 4.79 Å². The number of ether oxygens (including phenoxy) is 2. The third kappa shape index (κ3) is 3.74. The molecule has 130 valence electrons. The van der Waals surface area contributed by atoms with Crippen LogP contribution in [0.5, 0.6) is 5.75 Å². The maximum Gasteiger partial charge on any atom is 0.407 e. The van der Waals surface area contributed by atoms with E-state index in [0.29, 0.717) is 24.3 Å². The Morgan fingerprint density at radius 2 is 2.00 bits per heavy atom. The number of carbonyl (C=O) groups is 2. The van der Waals surface area contributed by atoms with Crippen LogP contribution in [-0.4, -0.2) is 25.7 Å². The van der Waals surface area contributed by atoms with Gasteiger partial charge in [-0.1, -0.05) is 24.3 Å². The van der Waals surface area contributed by atoms with Gasteiger partial charge in [0.05, 0.1) is 25.3 Å². The number of benzene rings is 2. The van der Waals surface area contributed by atoms with Crippen LogP contribution < -0.4 is 15.4 Å². The quantitative estimate of drug-likeness (QED) is 0.897. The Labute approximate surface area is 146 Å². The lowest BCUT2D eigenvalue weighted by atomic mass is 9.97. The molecule has 2 aromatic rings. The predicted molar refractivity (Wildman–Crippen MR) is 94.0 cm³/mol. The van der Waals surface area contributed by atoms with E-state index in [9.17, 15) is 9.59 Å². The van der Waals surface area contributed by atoms with Gasteiger partial charge >= 0.3 is 6.09 Å². The molecule has 2 N–H and O–H groups in total. The summed E-state index contributed by atoms with van der Waals surface area (Å²) in [6.07, 6.45) is 0.109. The maximum atomic E-state index is 12.7. The van der Waals surface area contributed by atoms with E-state index < -0.39 is 6.09 Å². The summed E-state index contributed by atoms with van der Waals surface area (Å²) in [6.45, 7) is 2.38. The van der Waals surface area contributed by atoms with Crippen molar-refractivity contribution in [2.75, 3.05) is 19.0 Å². The Hall–Kier alpha value is -3.02. The molecule has 6 nitrogen and oxygen atoms in total. The van der Waals surface area contributed by atoms with Gasteiger partial charge in [0.25, 0.3) is 5.91 Å². The van der Waals surface area contributed by atoms with Crippen molar-refractivity contribution >= 4 is 17.7 Å². The van der Waals surface area contributed by atoms with Crippen LogP contribution in [-0.2, 0) is 4.74 Å². The molecular weight excluding hydrogens is 320 g/mol. The number of carbonyl (C=O) groups excluding carboxylic acids is 2. The third-order valence-corrected chi connectivity index (χ3v) is 4.07. The molecule has 2 aromatic carbocycles. The number of nitrogens with one attached hydrogen (secondary N) is 2. The largest absolute Gasteiger partial charge is 0.492 e. The van der Waals surface area contributed by atoms with Crippen molar-refractivity contribution in [3.05, 3.63) is 59.2 Å². The summed E-state index contributed by atoms with van der Waals surface area (Å²) in [7, 11) is 1.32. The van der Waals surface area contributed by atoms with E-state index in [1.54, 1.807) is 12.1 Å². The van der Waals surface area contributed by atoms with Gasteiger partial charge in [0.15, 0.2) is 0 Å². The molecule has 0 aliphatic carbocycles. The van der Waals surface area contributed by atoms with E-state index in [4.69, 9.17) is 4.74 Å². The number of hydrogen-bond donors (Lipinski definition) is 2. The van der Waals surface area contributed by atoms with Gasteiger partial charge in [0.2, 0.25) is 0 Å². The molecule has 0 spiro atoms. The van der Waals surface area contributed by atoms with E-state index in [-0.39, 0.29) is 11.9 Å². The highest BCUT2D eigenvalue weighted by atomic mass is 16.5. The highest BCUT2D eigenvalue weighted by Gasteiger charge is 2.27. The second kappa shape index (κ2) is 7.25. The van der Waals surface area contributed by atoms with Gasteiger partial charge in [-0.2, -0.15) is 0 Å². The summed E-state index contributed by atoms with van der Waals surface area (Å²) in [6, 6.07) is 12.7. The van der Waals surface area contributed by atoms with E-state index in [1.165, 1.54) is 7.11 Å². The van der Waals surface area contributed by atoms with Crippen LogP contribution in [0.4, 0.5) is 10.5 Å². The minimum atomic E-state index is -0.507. The highest BCUT2D eigenvalue weighted by molar-refractivity contribution is 6.06. The van der Waals surface area contributed by atoms with Crippen LogP contribution in [0.2, 0.25) is 0 Å². The molecule has 0 bridgehead atoms. The molecule has 0 fully saturated rings. The van der Waals surface area contributed by atoms with Crippen LogP contribution in [0.15, 0.2) is 42.5 Å². The van der Waals surface area contributed by atoms with Crippen molar-refractivity contribution in [1.82, 2.24) is 5.32 Å². The van der Waals surface area contributed by atoms with Gasteiger partial charge < -0.3 is 20.1 Å². The third-order valence-electron chi connectivity index (χ3n) is 4.07. The van der Waals surface area contributed by atoms with Gasteiger partial charge in [-0.3, -0.25) is 4.79 Å². The van der Waals surface area contributed by atoms with E-state index in [1.807, 2.05) is 37.3 Å². The first-order valence-electron chi connectivity index (χ1n) is 8.06. The summed E-state index contributed by atoms with van der Waals surface area (Å²) in [5.74, 6) is 0.251. The first-order valence-corrected chi connectivity index (χ1v) is 8.06. The minimum Gasteiger partial charge on any atom is -0.492 e. The molecule has 0 aromatic heterocycles. The molecule has 1 aliphatic heterocycles. The van der Waals surface area contributed by atoms with E-state index >= 15 is 0 Å². The Kier molecular flexibility index (Phi) is 4.88. The van der Waals surface area contributed by atoms with Gasteiger partial charge in [0.1, 0.15) is 5.75 Å². The summed E-state index contributed by atoms with van der Waals surface area (Å²) in [5, 5.41) is 5.66. The van der Waals surface area contributed by atoms with Crippen LogP contribution in [0, 0.1) is 6.92 Å². The van der Waals surface area contributed by atoms with Crippen molar-refractivity contribution in [3.8, 4) is 5.75 Å². The first-order chi connectivity index (χ1) is 12.1. The fourth-order valence-corrected chi connectivity index (χ4v) is 2.88. The molecule has 0 saturated heterocycles. The normalized spacial score (nSPS) is 15.5. The predicted octanol–water partition coefficient (Wildman–Crippen LogP) is 3.43. The second-order valence-corrected chi connectivity index (χ2v) is 5.87. The van der Waals surface area contributed by atoms with Crippen molar-refractivity contribution in [2.24, 2.45) is 0 Å².